The Kier molecular flexibility index (Phi) is 7.12. The molecule has 1 aliphatic heterocycles. The van der Waals surface area contributed by atoms with Crippen molar-refractivity contribution in [3.05, 3.63) is 51.8 Å². The number of rotatable bonds is 8. The summed E-state index contributed by atoms with van der Waals surface area (Å²) in [7, 11) is 1.74. The number of cyclic esters (lactones) is 1. The molecular weight excluding hydrogens is 468 g/mol. The summed E-state index contributed by atoms with van der Waals surface area (Å²) in [5.41, 5.74) is 0.186. The lowest BCUT2D eigenvalue weighted by molar-refractivity contribution is -0.167. The van der Waals surface area contributed by atoms with Gasteiger partial charge in [-0.3, -0.25) is 4.68 Å². The lowest BCUT2D eigenvalue weighted by Crippen LogP contribution is -2.46. The maximum absolute atomic E-state index is 13.1. The minimum Gasteiger partial charge on any atom is -0.512 e. The van der Waals surface area contributed by atoms with Crippen molar-refractivity contribution in [1.82, 2.24) is 14.8 Å². The molecule has 1 aliphatic carbocycles. The molecule has 1 fully saturated rings. The predicted molar refractivity (Wildman–Crippen MR) is 121 cm³/mol. The van der Waals surface area contributed by atoms with E-state index >= 15 is 0 Å². The van der Waals surface area contributed by atoms with Gasteiger partial charge in [-0.2, -0.15) is 13.9 Å². The Morgan fingerprint density at radius 2 is 2.09 bits per heavy atom. The van der Waals surface area contributed by atoms with Crippen molar-refractivity contribution in [2.75, 3.05) is 0 Å². The first-order chi connectivity index (χ1) is 16.2. The number of hydrogen-bond acceptors (Lipinski definition) is 6. The van der Waals surface area contributed by atoms with Gasteiger partial charge in [0, 0.05) is 19.9 Å². The van der Waals surface area contributed by atoms with Crippen molar-refractivity contribution in [3.63, 3.8) is 0 Å². The Hall–Kier alpha value is -2.68. The number of halogens is 3. The first-order valence-corrected chi connectivity index (χ1v) is 11.8. The molecule has 2 aromatic rings. The van der Waals surface area contributed by atoms with E-state index < -0.39 is 18.2 Å². The van der Waals surface area contributed by atoms with Gasteiger partial charge < -0.3 is 14.6 Å². The summed E-state index contributed by atoms with van der Waals surface area (Å²) < 4.78 is 37.1. The van der Waals surface area contributed by atoms with Crippen molar-refractivity contribution in [3.8, 4) is 5.75 Å². The van der Waals surface area contributed by atoms with E-state index in [9.17, 15) is 18.7 Å². The zero-order chi connectivity index (χ0) is 24.5. The highest BCUT2D eigenvalue weighted by molar-refractivity contribution is 6.32. The zero-order valence-electron chi connectivity index (χ0n) is 19.2. The van der Waals surface area contributed by atoms with Crippen LogP contribution in [0.5, 0.6) is 5.75 Å². The van der Waals surface area contributed by atoms with E-state index in [4.69, 9.17) is 16.3 Å². The van der Waals surface area contributed by atoms with Crippen molar-refractivity contribution in [1.29, 1.82) is 0 Å². The minimum atomic E-state index is -2.95. The van der Waals surface area contributed by atoms with Crippen molar-refractivity contribution in [2.45, 2.75) is 70.5 Å². The Morgan fingerprint density at radius 1 is 1.35 bits per heavy atom. The number of alkyl halides is 2. The largest absolute Gasteiger partial charge is 0.512 e. The molecule has 1 N–H and O–H groups in total. The molecule has 7 nitrogen and oxygen atoms in total. The minimum absolute atomic E-state index is 0.0301. The highest BCUT2D eigenvalue weighted by Gasteiger charge is 2.48. The van der Waals surface area contributed by atoms with Crippen LogP contribution in [0.2, 0.25) is 5.02 Å². The van der Waals surface area contributed by atoms with E-state index in [1.165, 1.54) is 6.07 Å². The van der Waals surface area contributed by atoms with Crippen LogP contribution in [0.15, 0.2) is 29.5 Å². The molecule has 34 heavy (non-hydrogen) atoms. The van der Waals surface area contributed by atoms with Crippen molar-refractivity contribution >= 4 is 17.6 Å². The van der Waals surface area contributed by atoms with Gasteiger partial charge >= 0.3 is 12.6 Å². The molecule has 0 radical (unpaired) electrons. The third-order valence-electron chi connectivity index (χ3n) is 6.80. The maximum atomic E-state index is 13.1. The molecule has 4 rings (SSSR count). The molecule has 1 aromatic heterocycles. The molecule has 2 aliphatic rings. The number of ether oxygens (including phenoxy) is 2. The van der Waals surface area contributed by atoms with Crippen LogP contribution in [0.25, 0.3) is 0 Å². The number of aryl methyl sites for hydroxylation is 3. The number of esters is 1. The Morgan fingerprint density at radius 3 is 2.68 bits per heavy atom. The Bertz CT molecular complexity index is 1100. The topological polar surface area (TPSA) is 86.5 Å². The van der Waals surface area contributed by atoms with Crippen molar-refractivity contribution < 1.29 is 28.2 Å². The fourth-order valence-corrected chi connectivity index (χ4v) is 5.35. The Balaban J connectivity index is 1.55. The number of hydrogen-bond donors (Lipinski definition) is 1. The summed E-state index contributed by atoms with van der Waals surface area (Å²) in [6.45, 7) is -1.19. The monoisotopic (exact) mass is 495 g/mol. The average Bonchev–Trinajstić information content (AvgIpc) is 3.41. The number of carbonyl (C=O) groups is 1. The van der Waals surface area contributed by atoms with Gasteiger partial charge in [0.2, 0.25) is 0 Å². The number of aliphatic hydroxyl groups excluding tert-OH is 1. The van der Waals surface area contributed by atoms with E-state index in [-0.39, 0.29) is 40.9 Å². The third kappa shape index (κ3) is 5.19. The molecule has 0 bridgehead atoms. The lowest BCUT2D eigenvalue weighted by atomic mass is 9.76. The summed E-state index contributed by atoms with van der Waals surface area (Å²) in [5, 5.41) is 15.3. The Labute approximate surface area is 201 Å². The number of nitrogens with zero attached hydrogens (tertiary/aromatic N) is 3. The standard InChI is InChI=1S/C24H28ClF2N3O4/c1-14-28-21(30(2)29-14)12-17-19(31)13-24(34-22(17)32,16-5-3-4-6-16)10-9-15-7-8-20(18(25)11-15)33-23(26)27/h7-8,11,16,23,31H,3-6,9-10,12-13H2,1-2H3. The second-order valence-electron chi connectivity index (χ2n) is 9.06. The van der Waals surface area contributed by atoms with Gasteiger partial charge in [-0.25, -0.2) is 9.78 Å². The molecule has 0 saturated heterocycles. The van der Waals surface area contributed by atoms with E-state index in [1.54, 1.807) is 30.8 Å². The average molecular weight is 496 g/mol. The van der Waals surface area contributed by atoms with Crippen LogP contribution in [0.4, 0.5) is 8.78 Å². The molecule has 1 atom stereocenters. The molecule has 1 saturated carbocycles. The molecule has 2 heterocycles. The summed E-state index contributed by atoms with van der Waals surface area (Å²) in [4.78, 5) is 17.4. The second-order valence-corrected chi connectivity index (χ2v) is 9.46. The number of benzene rings is 1. The van der Waals surface area contributed by atoms with Gasteiger partial charge in [0.15, 0.2) is 0 Å². The van der Waals surface area contributed by atoms with E-state index in [0.29, 0.717) is 24.5 Å². The van der Waals surface area contributed by atoms with Gasteiger partial charge in [0.25, 0.3) is 0 Å². The molecule has 0 amide bonds. The SMILES string of the molecule is Cc1nc(CC2=C(O)CC(CCc3ccc(OC(F)F)c(Cl)c3)(C3CCCC3)OC2=O)n(C)n1. The normalized spacial score (nSPS) is 21.4. The van der Waals surface area contributed by atoms with Crippen LogP contribution in [0, 0.1) is 12.8 Å². The van der Waals surface area contributed by atoms with E-state index in [0.717, 1.165) is 31.2 Å². The quantitative estimate of drug-likeness (QED) is 0.504. The summed E-state index contributed by atoms with van der Waals surface area (Å²) >= 11 is 6.11. The number of aromatic nitrogens is 3. The van der Waals surface area contributed by atoms with Crippen LogP contribution in [-0.4, -0.2) is 38.1 Å². The van der Waals surface area contributed by atoms with Crippen LogP contribution < -0.4 is 4.74 Å². The molecule has 184 valence electrons. The molecule has 1 aromatic carbocycles. The predicted octanol–water partition coefficient (Wildman–Crippen LogP) is 5.24. The van der Waals surface area contributed by atoms with E-state index in [2.05, 4.69) is 14.8 Å². The molecular formula is C24H28ClF2N3O4. The van der Waals surface area contributed by atoms with Crippen LogP contribution >= 0.6 is 11.6 Å². The third-order valence-corrected chi connectivity index (χ3v) is 7.10. The van der Waals surface area contributed by atoms with Gasteiger partial charge in [-0.1, -0.05) is 30.5 Å². The van der Waals surface area contributed by atoms with Crippen LogP contribution in [-0.2, 0) is 29.4 Å². The first-order valence-electron chi connectivity index (χ1n) is 11.4. The fourth-order valence-electron chi connectivity index (χ4n) is 5.10. The van der Waals surface area contributed by atoms with Gasteiger partial charge in [-0.05, 0) is 56.2 Å². The zero-order valence-corrected chi connectivity index (χ0v) is 19.9. The van der Waals surface area contributed by atoms with Crippen LogP contribution in [0.3, 0.4) is 0 Å². The molecule has 0 spiro atoms. The smallest absolute Gasteiger partial charge is 0.387 e. The first kappa shape index (κ1) is 24.4. The van der Waals surface area contributed by atoms with Gasteiger partial charge in [-0.15, -0.1) is 0 Å². The molecule has 1 unspecified atom stereocenters. The highest BCUT2D eigenvalue weighted by atomic mass is 35.5. The summed E-state index contributed by atoms with van der Waals surface area (Å²) in [5.74, 6) is 0.710. The summed E-state index contributed by atoms with van der Waals surface area (Å²) in [6, 6.07) is 4.68. The van der Waals surface area contributed by atoms with Crippen molar-refractivity contribution in [2.24, 2.45) is 13.0 Å². The summed E-state index contributed by atoms with van der Waals surface area (Å²) in [6.07, 6.45) is 5.29. The van der Waals surface area contributed by atoms with Crippen LogP contribution in [0.1, 0.15) is 55.7 Å². The van der Waals surface area contributed by atoms with E-state index in [1.807, 2.05) is 0 Å². The lowest BCUT2D eigenvalue weighted by Gasteiger charge is -2.42. The second kappa shape index (κ2) is 9.90. The maximum Gasteiger partial charge on any atom is 0.387 e. The fraction of sp³-hybridized carbons (Fsp3) is 0.542. The van der Waals surface area contributed by atoms with Gasteiger partial charge in [0.05, 0.1) is 10.6 Å². The van der Waals surface area contributed by atoms with Gasteiger partial charge in [0.1, 0.15) is 28.8 Å². The highest BCUT2D eigenvalue weighted by Crippen LogP contribution is 2.46. The number of carbonyl (C=O) groups excluding carboxylic acids is 1. The number of aliphatic hydroxyl groups is 1. The molecule has 10 heteroatoms.